The number of sulfone groups is 1. The second-order valence-corrected chi connectivity index (χ2v) is 9.03. The van der Waals surface area contributed by atoms with Crippen LogP contribution in [-0.4, -0.2) is 38.3 Å². The predicted molar refractivity (Wildman–Crippen MR) is 77.9 cm³/mol. The molecule has 0 bridgehead atoms. The van der Waals surface area contributed by atoms with Gasteiger partial charge < -0.3 is 5.32 Å². The summed E-state index contributed by atoms with van der Waals surface area (Å²) in [6.45, 7) is 9.11. The van der Waals surface area contributed by atoms with Crippen molar-refractivity contribution in [2.75, 3.05) is 18.8 Å². The van der Waals surface area contributed by atoms with Crippen LogP contribution in [0.3, 0.4) is 0 Å². The summed E-state index contributed by atoms with van der Waals surface area (Å²) in [6, 6.07) is 0. The molecule has 112 valence electrons. The highest BCUT2D eigenvalue weighted by molar-refractivity contribution is 7.91. The number of ketones is 1. The molecule has 0 aromatic rings. The van der Waals surface area contributed by atoms with Gasteiger partial charge in [0.05, 0.1) is 11.0 Å². The molecule has 1 atom stereocenters. The Morgan fingerprint density at radius 2 is 2.00 bits per heavy atom. The van der Waals surface area contributed by atoms with E-state index in [9.17, 15) is 13.2 Å². The summed E-state index contributed by atoms with van der Waals surface area (Å²) in [4.78, 5) is 12.3. The average molecular weight is 289 g/mol. The molecule has 0 aliphatic carbocycles. The van der Waals surface area contributed by atoms with Crippen molar-refractivity contribution in [1.82, 2.24) is 5.32 Å². The van der Waals surface area contributed by atoms with Crippen molar-refractivity contribution in [2.24, 2.45) is 11.3 Å². The van der Waals surface area contributed by atoms with Gasteiger partial charge in [-0.15, -0.1) is 0 Å². The van der Waals surface area contributed by atoms with Crippen molar-refractivity contribution in [3.63, 3.8) is 0 Å². The van der Waals surface area contributed by atoms with Crippen LogP contribution in [0.15, 0.2) is 0 Å². The first kappa shape index (κ1) is 16.6. The zero-order valence-corrected chi connectivity index (χ0v) is 13.3. The van der Waals surface area contributed by atoms with Gasteiger partial charge in [0.15, 0.2) is 9.84 Å². The van der Waals surface area contributed by atoms with Gasteiger partial charge in [-0.1, -0.05) is 13.8 Å². The maximum atomic E-state index is 12.3. The van der Waals surface area contributed by atoms with Gasteiger partial charge in [-0.05, 0) is 45.7 Å². The summed E-state index contributed by atoms with van der Waals surface area (Å²) in [5.41, 5.74) is -0.431. The van der Waals surface area contributed by atoms with E-state index in [1.807, 2.05) is 13.8 Å². The quantitative estimate of drug-likeness (QED) is 0.810. The number of hydrogen-bond donors (Lipinski definition) is 1. The maximum absolute atomic E-state index is 12.3. The molecule has 1 unspecified atom stereocenters. The molecule has 0 saturated carbocycles. The lowest BCUT2D eigenvalue weighted by Gasteiger charge is -2.36. The number of carbonyl (C=O) groups excluding carboxylic acids is 1. The van der Waals surface area contributed by atoms with Gasteiger partial charge in [-0.3, -0.25) is 4.79 Å². The Morgan fingerprint density at radius 1 is 1.37 bits per heavy atom. The molecular weight excluding hydrogens is 262 g/mol. The van der Waals surface area contributed by atoms with E-state index in [1.54, 1.807) is 13.8 Å². The van der Waals surface area contributed by atoms with E-state index in [2.05, 4.69) is 5.32 Å². The Bertz CT molecular complexity index is 406. The van der Waals surface area contributed by atoms with Gasteiger partial charge in [0.25, 0.3) is 0 Å². The van der Waals surface area contributed by atoms with Gasteiger partial charge in [-0.25, -0.2) is 8.42 Å². The van der Waals surface area contributed by atoms with Crippen LogP contribution >= 0.6 is 0 Å². The molecule has 4 nitrogen and oxygen atoms in total. The smallest absolute Gasteiger partial charge is 0.153 e. The summed E-state index contributed by atoms with van der Waals surface area (Å²) in [6.07, 6.45) is 2.28. The van der Waals surface area contributed by atoms with Crippen LogP contribution in [0.5, 0.6) is 0 Å². The number of carbonyl (C=O) groups is 1. The molecule has 19 heavy (non-hydrogen) atoms. The van der Waals surface area contributed by atoms with E-state index in [1.165, 1.54) is 0 Å². The lowest BCUT2D eigenvalue weighted by molar-refractivity contribution is -0.129. The first-order chi connectivity index (χ1) is 8.68. The van der Waals surface area contributed by atoms with E-state index in [0.29, 0.717) is 5.92 Å². The second kappa shape index (κ2) is 6.35. The number of hydrogen-bond acceptors (Lipinski definition) is 4. The fraction of sp³-hybridized carbons (Fsp3) is 0.929. The Kier molecular flexibility index (Phi) is 5.56. The molecule has 0 amide bonds. The van der Waals surface area contributed by atoms with Crippen molar-refractivity contribution in [3.8, 4) is 0 Å². The molecule has 0 aromatic heterocycles. The molecule has 1 heterocycles. The van der Waals surface area contributed by atoms with Gasteiger partial charge >= 0.3 is 0 Å². The van der Waals surface area contributed by atoms with Crippen molar-refractivity contribution in [1.29, 1.82) is 0 Å². The fourth-order valence-corrected chi connectivity index (χ4v) is 3.43. The van der Waals surface area contributed by atoms with Gasteiger partial charge in [0.2, 0.25) is 0 Å². The second-order valence-electron chi connectivity index (χ2n) is 6.35. The number of rotatable bonds is 6. The monoisotopic (exact) mass is 289 g/mol. The van der Waals surface area contributed by atoms with Crippen LogP contribution in [0.25, 0.3) is 0 Å². The molecule has 1 N–H and O–H groups in total. The Balaban J connectivity index is 2.61. The van der Waals surface area contributed by atoms with Gasteiger partial charge in [0.1, 0.15) is 5.78 Å². The number of nitrogens with one attached hydrogen (secondary N) is 1. The van der Waals surface area contributed by atoms with Crippen molar-refractivity contribution >= 4 is 15.6 Å². The number of piperidine rings is 1. The lowest BCUT2D eigenvalue weighted by Crippen LogP contribution is -2.43. The molecular formula is C14H27NO3S. The zero-order chi connectivity index (χ0) is 14.7. The highest BCUT2D eigenvalue weighted by atomic mass is 32.2. The van der Waals surface area contributed by atoms with E-state index >= 15 is 0 Å². The molecule has 1 fully saturated rings. The Hall–Kier alpha value is -0.420. The van der Waals surface area contributed by atoms with Crippen molar-refractivity contribution in [2.45, 2.75) is 52.2 Å². The molecule has 5 heteroatoms. The van der Waals surface area contributed by atoms with Crippen LogP contribution < -0.4 is 5.32 Å². The van der Waals surface area contributed by atoms with E-state index in [-0.39, 0.29) is 18.0 Å². The number of Topliss-reactive ketones (excluding diaryl/α,β-unsaturated/α-hetero) is 1. The Morgan fingerprint density at radius 3 is 2.47 bits per heavy atom. The largest absolute Gasteiger partial charge is 0.316 e. The normalized spacial score (nSPS) is 21.6. The van der Waals surface area contributed by atoms with Crippen LogP contribution in [0.2, 0.25) is 0 Å². The maximum Gasteiger partial charge on any atom is 0.153 e. The van der Waals surface area contributed by atoms with Crippen LogP contribution in [0.4, 0.5) is 0 Å². The zero-order valence-electron chi connectivity index (χ0n) is 12.5. The lowest BCUT2D eigenvalue weighted by atomic mass is 9.71. The van der Waals surface area contributed by atoms with Crippen molar-refractivity contribution < 1.29 is 13.2 Å². The van der Waals surface area contributed by atoms with Crippen LogP contribution in [-0.2, 0) is 14.6 Å². The molecule has 1 saturated heterocycles. The van der Waals surface area contributed by atoms with Gasteiger partial charge in [0, 0.05) is 11.8 Å². The van der Waals surface area contributed by atoms with Crippen LogP contribution in [0, 0.1) is 11.3 Å². The first-order valence-electron chi connectivity index (χ1n) is 7.13. The van der Waals surface area contributed by atoms with E-state index in [0.717, 1.165) is 25.9 Å². The third-order valence-corrected chi connectivity index (χ3v) is 6.58. The topological polar surface area (TPSA) is 63.2 Å². The molecule has 0 aromatic carbocycles. The molecule has 1 aliphatic heterocycles. The minimum atomic E-state index is -3.12. The average Bonchev–Trinajstić information content (AvgIpc) is 2.36. The van der Waals surface area contributed by atoms with E-state index in [4.69, 9.17) is 0 Å². The summed E-state index contributed by atoms with van der Waals surface area (Å²) in [5, 5.41) is 2.91. The fourth-order valence-electron chi connectivity index (χ4n) is 2.49. The summed E-state index contributed by atoms with van der Waals surface area (Å²) in [7, 11) is -3.12. The van der Waals surface area contributed by atoms with Crippen molar-refractivity contribution in [3.05, 3.63) is 0 Å². The summed E-state index contributed by atoms with van der Waals surface area (Å²) in [5.74, 6) is 0.369. The SMILES string of the molecule is CC(C)S(=O)(=O)CCC(=O)C(C)(C)C1CCCNC1. The predicted octanol–water partition coefficient (Wildman–Crippen LogP) is 1.79. The minimum absolute atomic E-state index is 0.0208. The summed E-state index contributed by atoms with van der Waals surface area (Å²) >= 11 is 0. The van der Waals surface area contributed by atoms with E-state index < -0.39 is 20.5 Å². The highest BCUT2D eigenvalue weighted by Crippen LogP contribution is 2.33. The standard InChI is InChI=1S/C14H27NO3S/c1-11(2)19(17,18)9-7-13(16)14(3,4)12-6-5-8-15-10-12/h11-12,15H,5-10H2,1-4H3. The minimum Gasteiger partial charge on any atom is -0.316 e. The molecule has 1 rings (SSSR count). The molecule has 0 spiro atoms. The molecule has 0 radical (unpaired) electrons. The van der Waals surface area contributed by atoms with Gasteiger partial charge in [-0.2, -0.15) is 0 Å². The third kappa shape index (κ3) is 4.28. The Labute approximate surface area is 117 Å². The molecule has 1 aliphatic rings. The third-order valence-electron chi connectivity index (χ3n) is 4.37. The highest BCUT2D eigenvalue weighted by Gasteiger charge is 2.37. The summed E-state index contributed by atoms with van der Waals surface area (Å²) < 4.78 is 23.5. The van der Waals surface area contributed by atoms with Crippen LogP contribution in [0.1, 0.15) is 47.0 Å². The first-order valence-corrected chi connectivity index (χ1v) is 8.85.